The number of carbonyl (C=O) groups is 1. The Hall–Kier alpha value is -1.44. The number of nitrogens with zero attached hydrogens (tertiary/aromatic N) is 4. The monoisotopic (exact) mass is 251 g/mol. The summed E-state index contributed by atoms with van der Waals surface area (Å²) in [4.78, 5) is 13.5. The molecule has 7 nitrogen and oxygen atoms in total. The van der Waals surface area contributed by atoms with Crippen molar-refractivity contribution in [1.82, 2.24) is 14.8 Å². The fourth-order valence-corrected chi connectivity index (χ4v) is 2.57. The van der Waals surface area contributed by atoms with Crippen LogP contribution < -0.4 is 10.6 Å². The van der Waals surface area contributed by atoms with E-state index in [1.54, 1.807) is 11.1 Å². The molecule has 1 fully saturated rings. The summed E-state index contributed by atoms with van der Waals surface area (Å²) >= 11 is 0. The number of hydroxylamine groups is 2. The molecule has 2 aliphatic heterocycles. The Morgan fingerprint density at radius 3 is 2.94 bits per heavy atom. The van der Waals surface area contributed by atoms with Gasteiger partial charge in [-0.15, -0.1) is 0 Å². The Balaban J connectivity index is 1.93. The quantitative estimate of drug-likeness (QED) is 0.705. The topological polar surface area (TPSA) is 87.6 Å². The van der Waals surface area contributed by atoms with E-state index in [2.05, 4.69) is 5.10 Å². The molecule has 1 aromatic heterocycles. The van der Waals surface area contributed by atoms with Gasteiger partial charge in [-0.1, -0.05) is 0 Å². The Morgan fingerprint density at radius 1 is 1.50 bits per heavy atom. The van der Waals surface area contributed by atoms with Gasteiger partial charge in [0, 0.05) is 19.0 Å². The number of nitrogens with two attached hydrogens (primary N) is 1. The van der Waals surface area contributed by atoms with Gasteiger partial charge < -0.3 is 15.8 Å². The first-order chi connectivity index (χ1) is 8.56. The number of fused-ring (bicyclic) bond motifs is 1. The first kappa shape index (κ1) is 11.6. The zero-order valence-electron chi connectivity index (χ0n) is 10.3. The number of hydrogen-bond donors (Lipinski definition) is 2. The van der Waals surface area contributed by atoms with Crippen molar-refractivity contribution in [2.75, 3.05) is 11.4 Å². The average Bonchev–Trinajstić information content (AvgIpc) is 2.83. The lowest BCUT2D eigenvalue weighted by Gasteiger charge is -2.30. The molecule has 3 rings (SSSR count). The van der Waals surface area contributed by atoms with Crippen LogP contribution in [-0.4, -0.2) is 44.6 Å². The molecule has 1 aromatic rings. The fourth-order valence-electron chi connectivity index (χ4n) is 2.57. The van der Waals surface area contributed by atoms with Gasteiger partial charge in [0.1, 0.15) is 0 Å². The second-order valence-corrected chi connectivity index (χ2v) is 5.07. The highest BCUT2D eigenvalue weighted by atomic mass is 16.5. The lowest BCUT2D eigenvalue weighted by Crippen LogP contribution is -2.40. The van der Waals surface area contributed by atoms with Crippen molar-refractivity contribution in [3.05, 3.63) is 11.9 Å². The van der Waals surface area contributed by atoms with Crippen LogP contribution in [0.5, 0.6) is 0 Å². The molecule has 0 spiro atoms. The third-order valence-electron chi connectivity index (χ3n) is 3.63. The molecule has 1 saturated heterocycles. The third-order valence-corrected chi connectivity index (χ3v) is 3.63. The summed E-state index contributed by atoms with van der Waals surface area (Å²) in [7, 11) is 0. The standard InChI is InChI=1S/C11H17N5O2/c1-7-4-15-10(6-16(7)18)9(3-13-15)14-5-8(12)2-11(14)17/h3,7-8,18H,2,4-6,12H2,1H3/t7-,8?/m0/s1. The van der Waals surface area contributed by atoms with Crippen molar-refractivity contribution < 1.29 is 10.0 Å². The molecule has 3 heterocycles. The molecule has 0 bridgehead atoms. The maximum atomic E-state index is 11.8. The van der Waals surface area contributed by atoms with Gasteiger partial charge in [-0.2, -0.15) is 10.2 Å². The van der Waals surface area contributed by atoms with Gasteiger partial charge in [-0.05, 0) is 6.92 Å². The van der Waals surface area contributed by atoms with E-state index < -0.39 is 0 Å². The Morgan fingerprint density at radius 2 is 2.28 bits per heavy atom. The van der Waals surface area contributed by atoms with Gasteiger partial charge in [0.15, 0.2) is 0 Å². The number of amides is 1. The number of anilines is 1. The first-order valence-corrected chi connectivity index (χ1v) is 6.12. The average molecular weight is 251 g/mol. The minimum absolute atomic E-state index is 0.0291. The molecule has 0 saturated carbocycles. The molecule has 0 aromatic carbocycles. The zero-order valence-corrected chi connectivity index (χ0v) is 10.3. The van der Waals surface area contributed by atoms with E-state index in [1.807, 2.05) is 11.6 Å². The van der Waals surface area contributed by atoms with Crippen LogP contribution in [0, 0.1) is 0 Å². The van der Waals surface area contributed by atoms with E-state index in [9.17, 15) is 10.0 Å². The van der Waals surface area contributed by atoms with Gasteiger partial charge in [-0.3, -0.25) is 9.48 Å². The molecule has 18 heavy (non-hydrogen) atoms. The van der Waals surface area contributed by atoms with Crippen molar-refractivity contribution in [2.45, 2.75) is 38.5 Å². The SMILES string of the molecule is C[C@H]1Cn2ncc(N3CC(N)CC3=O)c2CN1O. The van der Waals surface area contributed by atoms with Crippen LogP contribution in [0.1, 0.15) is 19.0 Å². The van der Waals surface area contributed by atoms with Crippen LogP contribution in [-0.2, 0) is 17.9 Å². The summed E-state index contributed by atoms with van der Waals surface area (Å²) in [6.45, 7) is 3.47. The second kappa shape index (κ2) is 4.04. The maximum absolute atomic E-state index is 11.8. The Bertz CT molecular complexity index is 486. The van der Waals surface area contributed by atoms with E-state index in [4.69, 9.17) is 5.73 Å². The minimum Gasteiger partial charge on any atom is -0.326 e. The zero-order chi connectivity index (χ0) is 12.9. The van der Waals surface area contributed by atoms with Crippen LogP contribution >= 0.6 is 0 Å². The highest BCUT2D eigenvalue weighted by Crippen LogP contribution is 2.28. The normalized spacial score (nSPS) is 28.8. The van der Waals surface area contributed by atoms with Crippen LogP contribution in [0.4, 0.5) is 5.69 Å². The summed E-state index contributed by atoms with van der Waals surface area (Å²) in [5.41, 5.74) is 7.45. The number of rotatable bonds is 1. The van der Waals surface area contributed by atoms with Gasteiger partial charge >= 0.3 is 0 Å². The maximum Gasteiger partial charge on any atom is 0.228 e. The number of hydrogen-bond acceptors (Lipinski definition) is 5. The molecule has 2 atom stereocenters. The Kier molecular flexibility index (Phi) is 2.61. The van der Waals surface area contributed by atoms with Crippen molar-refractivity contribution in [3.63, 3.8) is 0 Å². The fraction of sp³-hybridized carbons (Fsp3) is 0.636. The van der Waals surface area contributed by atoms with Gasteiger partial charge in [0.25, 0.3) is 0 Å². The predicted molar refractivity (Wildman–Crippen MR) is 64.0 cm³/mol. The van der Waals surface area contributed by atoms with Crippen molar-refractivity contribution in [3.8, 4) is 0 Å². The lowest BCUT2D eigenvalue weighted by atomic mass is 10.2. The van der Waals surface area contributed by atoms with Crippen LogP contribution in [0.25, 0.3) is 0 Å². The molecule has 98 valence electrons. The molecule has 7 heteroatoms. The van der Waals surface area contributed by atoms with E-state index in [1.165, 1.54) is 5.06 Å². The number of carbonyl (C=O) groups excluding carboxylic acids is 1. The lowest BCUT2D eigenvalue weighted by molar-refractivity contribution is -0.145. The predicted octanol–water partition coefficient (Wildman–Crippen LogP) is -0.460. The van der Waals surface area contributed by atoms with Crippen LogP contribution in [0.15, 0.2) is 6.20 Å². The third kappa shape index (κ3) is 1.71. The van der Waals surface area contributed by atoms with Gasteiger partial charge in [0.2, 0.25) is 5.91 Å². The molecule has 0 radical (unpaired) electrons. The summed E-state index contributed by atoms with van der Waals surface area (Å²) in [5, 5.41) is 15.4. The molecule has 1 amide bonds. The van der Waals surface area contributed by atoms with E-state index in [0.29, 0.717) is 26.1 Å². The summed E-state index contributed by atoms with van der Waals surface area (Å²) < 4.78 is 1.85. The van der Waals surface area contributed by atoms with Gasteiger partial charge in [-0.25, -0.2) is 0 Å². The van der Waals surface area contributed by atoms with Crippen molar-refractivity contribution >= 4 is 11.6 Å². The van der Waals surface area contributed by atoms with Crippen molar-refractivity contribution in [2.24, 2.45) is 5.73 Å². The highest BCUT2D eigenvalue weighted by molar-refractivity contribution is 5.96. The van der Waals surface area contributed by atoms with E-state index >= 15 is 0 Å². The molecule has 3 N–H and O–H groups in total. The first-order valence-electron chi connectivity index (χ1n) is 6.12. The highest BCUT2D eigenvalue weighted by Gasteiger charge is 2.33. The Labute approximate surface area is 105 Å². The molecule has 0 aliphatic carbocycles. The van der Waals surface area contributed by atoms with E-state index in [-0.39, 0.29) is 18.0 Å². The van der Waals surface area contributed by atoms with Crippen molar-refractivity contribution in [1.29, 1.82) is 0 Å². The molecular formula is C11H17N5O2. The minimum atomic E-state index is -0.110. The molecule has 1 unspecified atom stereocenters. The number of aromatic nitrogens is 2. The molecular weight excluding hydrogens is 234 g/mol. The van der Waals surface area contributed by atoms with Crippen LogP contribution in [0.2, 0.25) is 0 Å². The smallest absolute Gasteiger partial charge is 0.228 e. The summed E-state index contributed by atoms with van der Waals surface area (Å²) in [5.74, 6) is 0.0291. The molecule has 2 aliphatic rings. The summed E-state index contributed by atoms with van der Waals surface area (Å²) in [6.07, 6.45) is 2.07. The van der Waals surface area contributed by atoms with Crippen LogP contribution in [0.3, 0.4) is 0 Å². The van der Waals surface area contributed by atoms with E-state index in [0.717, 1.165) is 11.4 Å². The summed E-state index contributed by atoms with van der Waals surface area (Å²) in [6, 6.07) is -0.0809. The second-order valence-electron chi connectivity index (χ2n) is 5.07. The largest absolute Gasteiger partial charge is 0.326 e. The van der Waals surface area contributed by atoms with Gasteiger partial charge in [0.05, 0.1) is 36.7 Å².